The van der Waals surface area contributed by atoms with Gasteiger partial charge < -0.3 is 10.1 Å². The molecule has 2 aromatic carbocycles. The van der Waals surface area contributed by atoms with Crippen LogP contribution < -0.4 is 10.1 Å². The van der Waals surface area contributed by atoms with Gasteiger partial charge in [-0.15, -0.1) is 10.2 Å². The molecular formula is C23H23N5O2S. The minimum Gasteiger partial charge on any atom is -0.484 e. The quantitative estimate of drug-likeness (QED) is 0.467. The molecule has 1 N–H and O–H groups in total. The Labute approximate surface area is 184 Å². The summed E-state index contributed by atoms with van der Waals surface area (Å²) < 4.78 is 7.32. The molecule has 7 nitrogen and oxygen atoms in total. The Hall–Kier alpha value is -3.26. The highest BCUT2D eigenvalue weighted by Crippen LogP contribution is 2.33. The Morgan fingerprint density at radius 2 is 1.97 bits per heavy atom. The highest BCUT2D eigenvalue weighted by molar-refractivity contribution is 7.19. The summed E-state index contributed by atoms with van der Waals surface area (Å²) in [5, 5.41) is 16.0. The second-order valence-corrected chi connectivity index (χ2v) is 8.74. The lowest BCUT2D eigenvalue weighted by atomic mass is 9.84. The maximum atomic E-state index is 12.4. The van der Waals surface area contributed by atoms with Crippen molar-refractivity contribution in [1.82, 2.24) is 19.8 Å². The third-order valence-electron chi connectivity index (χ3n) is 5.61. The lowest BCUT2D eigenvalue weighted by Crippen LogP contribution is -2.20. The van der Waals surface area contributed by atoms with E-state index in [0.717, 1.165) is 15.5 Å². The number of amides is 1. The summed E-state index contributed by atoms with van der Waals surface area (Å²) in [4.78, 5) is 13.1. The number of rotatable bonds is 6. The van der Waals surface area contributed by atoms with Gasteiger partial charge in [0.05, 0.1) is 0 Å². The normalized spacial score (nSPS) is 14.6. The second-order valence-electron chi connectivity index (χ2n) is 7.79. The molecule has 4 aromatic rings. The van der Waals surface area contributed by atoms with E-state index >= 15 is 0 Å². The van der Waals surface area contributed by atoms with Crippen molar-refractivity contribution in [2.45, 2.75) is 38.0 Å². The summed E-state index contributed by atoms with van der Waals surface area (Å²) in [7, 11) is 0. The van der Waals surface area contributed by atoms with E-state index in [2.05, 4.69) is 32.7 Å². The van der Waals surface area contributed by atoms with Gasteiger partial charge in [-0.2, -0.15) is 9.61 Å². The van der Waals surface area contributed by atoms with Crippen LogP contribution in [0.25, 0.3) is 15.5 Å². The Balaban J connectivity index is 1.17. The van der Waals surface area contributed by atoms with Gasteiger partial charge in [-0.05, 0) is 48.6 Å². The maximum absolute atomic E-state index is 12.4. The fraction of sp³-hybridized carbons (Fsp3) is 0.304. The number of anilines is 1. The SMILES string of the molecule is O=C(COc1ccc(C2CCCCC2)cc1)Nc1cccc(-c2nn3cnnc3s2)c1. The molecule has 1 saturated carbocycles. The number of aromatic nitrogens is 4. The van der Waals surface area contributed by atoms with Crippen LogP contribution in [0.3, 0.4) is 0 Å². The maximum Gasteiger partial charge on any atom is 0.262 e. The van der Waals surface area contributed by atoms with E-state index in [1.54, 1.807) is 10.8 Å². The first-order valence-corrected chi connectivity index (χ1v) is 11.4. The molecule has 31 heavy (non-hydrogen) atoms. The Kier molecular flexibility index (Phi) is 5.62. The number of fused-ring (bicyclic) bond motifs is 1. The van der Waals surface area contributed by atoms with E-state index in [1.807, 2.05) is 36.4 Å². The Morgan fingerprint density at radius 1 is 1.13 bits per heavy atom. The number of nitrogens with one attached hydrogen (secondary N) is 1. The smallest absolute Gasteiger partial charge is 0.262 e. The van der Waals surface area contributed by atoms with Gasteiger partial charge in [-0.25, -0.2) is 0 Å². The van der Waals surface area contributed by atoms with Gasteiger partial charge in [0.15, 0.2) is 6.61 Å². The lowest BCUT2D eigenvalue weighted by Gasteiger charge is -2.22. The van der Waals surface area contributed by atoms with Gasteiger partial charge in [0.25, 0.3) is 5.91 Å². The fourth-order valence-corrected chi connectivity index (χ4v) is 4.84. The molecule has 1 aliphatic rings. The summed E-state index contributed by atoms with van der Waals surface area (Å²) in [5.74, 6) is 1.17. The largest absolute Gasteiger partial charge is 0.484 e. The average molecular weight is 434 g/mol. The molecule has 2 heterocycles. The molecule has 0 atom stereocenters. The predicted molar refractivity (Wildman–Crippen MR) is 120 cm³/mol. The Bertz CT molecular complexity index is 1150. The monoisotopic (exact) mass is 433 g/mol. The van der Waals surface area contributed by atoms with E-state index in [4.69, 9.17) is 4.74 Å². The molecular weight excluding hydrogens is 410 g/mol. The molecule has 1 amide bonds. The number of hydrogen-bond donors (Lipinski definition) is 1. The minimum atomic E-state index is -0.202. The van der Waals surface area contributed by atoms with Crippen LogP contribution in [-0.2, 0) is 4.79 Å². The van der Waals surface area contributed by atoms with Crippen LogP contribution in [0.1, 0.15) is 43.6 Å². The molecule has 0 spiro atoms. The summed E-state index contributed by atoms with van der Waals surface area (Å²) in [5.41, 5.74) is 2.98. The van der Waals surface area contributed by atoms with E-state index in [0.29, 0.717) is 17.4 Å². The van der Waals surface area contributed by atoms with Crippen molar-refractivity contribution in [3.05, 3.63) is 60.4 Å². The molecule has 0 saturated heterocycles. The summed E-state index contributed by atoms with van der Waals surface area (Å²) in [6.07, 6.45) is 8.10. The van der Waals surface area contributed by atoms with Gasteiger partial charge >= 0.3 is 0 Å². The van der Waals surface area contributed by atoms with Crippen molar-refractivity contribution in [3.8, 4) is 16.3 Å². The molecule has 0 aliphatic heterocycles. The van der Waals surface area contributed by atoms with Crippen molar-refractivity contribution in [2.24, 2.45) is 0 Å². The fourth-order valence-electron chi connectivity index (χ4n) is 4.02. The van der Waals surface area contributed by atoms with Crippen molar-refractivity contribution in [2.75, 3.05) is 11.9 Å². The van der Waals surface area contributed by atoms with Gasteiger partial charge in [-0.1, -0.05) is 54.9 Å². The zero-order valence-corrected chi connectivity index (χ0v) is 17.8. The minimum absolute atomic E-state index is 0.0379. The molecule has 158 valence electrons. The van der Waals surface area contributed by atoms with Crippen molar-refractivity contribution in [3.63, 3.8) is 0 Å². The first kappa shape index (κ1) is 19.7. The van der Waals surface area contributed by atoms with Crippen molar-refractivity contribution >= 4 is 27.9 Å². The lowest BCUT2D eigenvalue weighted by molar-refractivity contribution is -0.118. The standard InChI is InChI=1S/C23H23N5O2S/c29-21(14-30-20-11-9-17(10-12-20)16-5-2-1-3-6-16)25-19-8-4-7-18(13-19)22-27-28-15-24-26-23(28)31-22/h4,7-13,15-16H,1-3,5-6,14H2,(H,25,29). The number of ether oxygens (including phenoxy) is 1. The summed E-state index contributed by atoms with van der Waals surface area (Å²) >= 11 is 1.44. The topological polar surface area (TPSA) is 81.4 Å². The van der Waals surface area contributed by atoms with E-state index in [1.165, 1.54) is 49.0 Å². The van der Waals surface area contributed by atoms with Crippen LogP contribution in [0, 0.1) is 0 Å². The van der Waals surface area contributed by atoms with Gasteiger partial charge in [-0.3, -0.25) is 4.79 Å². The highest BCUT2D eigenvalue weighted by atomic mass is 32.1. The number of benzene rings is 2. The van der Waals surface area contributed by atoms with Crippen LogP contribution in [-0.4, -0.2) is 32.3 Å². The van der Waals surface area contributed by atoms with Crippen LogP contribution in [0.4, 0.5) is 5.69 Å². The zero-order chi connectivity index (χ0) is 21.0. The van der Waals surface area contributed by atoms with Crippen molar-refractivity contribution < 1.29 is 9.53 Å². The number of carbonyl (C=O) groups is 1. The molecule has 5 rings (SSSR count). The van der Waals surface area contributed by atoms with Crippen LogP contribution in [0.5, 0.6) is 5.75 Å². The van der Waals surface area contributed by atoms with Crippen LogP contribution in [0.2, 0.25) is 0 Å². The average Bonchev–Trinajstić information content (AvgIpc) is 3.42. The van der Waals surface area contributed by atoms with Crippen LogP contribution >= 0.6 is 11.3 Å². The zero-order valence-electron chi connectivity index (χ0n) is 17.0. The summed E-state index contributed by atoms with van der Waals surface area (Å²) in [6.45, 7) is -0.0379. The van der Waals surface area contributed by atoms with Gasteiger partial charge in [0, 0.05) is 11.3 Å². The number of carbonyl (C=O) groups excluding carboxylic acids is 1. The first-order chi connectivity index (χ1) is 15.2. The molecule has 2 aromatic heterocycles. The third-order valence-corrected chi connectivity index (χ3v) is 6.57. The number of nitrogens with zero attached hydrogens (tertiary/aromatic N) is 4. The van der Waals surface area contributed by atoms with Gasteiger partial charge in [0.1, 0.15) is 17.1 Å². The second kappa shape index (κ2) is 8.85. The first-order valence-electron chi connectivity index (χ1n) is 10.5. The molecule has 0 unspecified atom stereocenters. The molecule has 0 bridgehead atoms. The highest BCUT2D eigenvalue weighted by Gasteiger charge is 2.15. The molecule has 0 radical (unpaired) electrons. The molecule has 1 aliphatic carbocycles. The molecule has 1 fully saturated rings. The van der Waals surface area contributed by atoms with E-state index in [-0.39, 0.29) is 12.5 Å². The van der Waals surface area contributed by atoms with Crippen LogP contribution in [0.15, 0.2) is 54.9 Å². The Morgan fingerprint density at radius 3 is 2.77 bits per heavy atom. The summed E-state index contributed by atoms with van der Waals surface area (Å²) in [6, 6.07) is 15.8. The third kappa shape index (κ3) is 4.59. The van der Waals surface area contributed by atoms with Crippen molar-refractivity contribution in [1.29, 1.82) is 0 Å². The van der Waals surface area contributed by atoms with Gasteiger partial charge in [0.2, 0.25) is 4.96 Å². The predicted octanol–water partition coefficient (Wildman–Crippen LogP) is 4.92. The number of hydrogen-bond acceptors (Lipinski definition) is 6. The van der Waals surface area contributed by atoms with E-state index in [9.17, 15) is 4.79 Å². The van der Waals surface area contributed by atoms with E-state index < -0.39 is 0 Å². The molecule has 8 heteroatoms.